The smallest absolute Gasteiger partial charge is 0.232 e. The molecular weight excluding hydrogens is 494 g/mol. The molecule has 8 aromatic rings. The summed E-state index contributed by atoms with van der Waals surface area (Å²) in [4.78, 5) is 9.57. The van der Waals surface area contributed by atoms with Gasteiger partial charge < -0.3 is 13.4 Å². The van der Waals surface area contributed by atoms with Crippen molar-refractivity contribution < 1.29 is 8.83 Å². The number of nitrogens with zero attached hydrogens (tertiary/aromatic N) is 3. The molecule has 8 rings (SSSR count). The molecule has 0 aliphatic carbocycles. The van der Waals surface area contributed by atoms with Gasteiger partial charge in [0.2, 0.25) is 11.8 Å². The molecule has 0 aliphatic rings. The predicted molar refractivity (Wildman–Crippen MR) is 160 cm³/mol. The Labute approximate surface area is 229 Å². The van der Waals surface area contributed by atoms with Crippen molar-refractivity contribution in [2.45, 2.75) is 6.54 Å². The van der Waals surface area contributed by atoms with Gasteiger partial charge in [-0.3, -0.25) is 0 Å². The van der Waals surface area contributed by atoms with Gasteiger partial charge in [-0.05, 0) is 53.6 Å². The van der Waals surface area contributed by atoms with Gasteiger partial charge in [-0.2, -0.15) is 0 Å². The lowest BCUT2D eigenvalue weighted by Gasteiger charge is -2.08. The van der Waals surface area contributed by atoms with Crippen molar-refractivity contribution in [3.05, 3.63) is 144 Å². The molecule has 3 heterocycles. The van der Waals surface area contributed by atoms with Crippen molar-refractivity contribution in [3.63, 3.8) is 0 Å². The first-order valence-electron chi connectivity index (χ1n) is 13.3. The van der Waals surface area contributed by atoms with E-state index in [0.29, 0.717) is 17.4 Å². The SMILES string of the molecule is C(=C(c1nc2ccccc2o1)c1nc2ccccc2o1)c1ccc2c3ccccc3n(Cc3ccccc3)c2c1. The molecule has 5 aromatic carbocycles. The van der Waals surface area contributed by atoms with E-state index in [1.54, 1.807) is 0 Å². The Hall–Kier alpha value is -5.42. The molecule has 5 nitrogen and oxygen atoms in total. The minimum Gasteiger partial charge on any atom is -0.436 e. The minimum atomic E-state index is 0.470. The van der Waals surface area contributed by atoms with E-state index in [4.69, 9.17) is 18.8 Å². The highest BCUT2D eigenvalue weighted by Crippen LogP contribution is 2.34. The highest BCUT2D eigenvalue weighted by atomic mass is 16.4. The monoisotopic (exact) mass is 517 g/mol. The topological polar surface area (TPSA) is 57.0 Å². The van der Waals surface area contributed by atoms with E-state index in [2.05, 4.69) is 83.4 Å². The summed E-state index contributed by atoms with van der Waals surface area (Å²) in [6, 6.07) is 41.2. The zero-order valence-corrected chi connectivity index (χ0v) is 21.5. The van der Waals surface area contributed by atoms with Crippen LogP contribution < -0.4 is 0 Å². The number of hydrogen-bond acceptors (Lipinski definition) is 4. The molecule has 0 saturated carbocycles. The highest BCUT2D eigenvalue weighted by Gasteiger charge is 2.20. The Bertz CT molecular complexity index is 2060. The van der Waals surface area contributed by atoms with Crippen LogP contribution in [0, 0.1) is 0 Å². The second kappa shape index (κ2) is 9.10. The summed E-state index contributed by atoms with van der Waals surface area (Å²) >= 11 is 0. The van der Waals surface area contributed by atoms with Gasteiger partial charge in [-0.25, -0.2) is 9.97 Å². The van der Waals surface area contributed by atoms with Crippen LogP contribution in [-0.4, -0.2) is 14.5 Å². The second-order valence-corrected chi connectivity index (χ2v) is 9.90. The van der Waals surface area contributed by atoms with Crippen LogP contribution in [0.15, 0.2) is 130 Å². The van der Waals surface area contributed by atoms with Crippen LogP contribution >= 0.6 is 0 Å². The van der Waals surface area contributed by atoms with Crippen LogP contribution in [0.25, 0.3) is 55.7 Å². The number of oxazole rings is 2. The third kappa shape index (κ3) is 3.79. The van der Waals surface area contributed by atoms with E-state index in [1.807, 2.05) is 48.5 Å². The summed E-state index contributed by atoms with van der Waals surface area (Å²) < 4.78 is 14.8. The van der Waals surface area contributed by atoms with Crippen LogP contribution in [0.2, 0.25) is 0 Å². The summed E-state index contributed by atoms with van der Waals surface area (Å²) in [7, 11) is 0. The number of benzene rings is 5. The molecule has 0 bridgehead atoms. The van der Waals surface area contributed by atoms with E-state index in [0.717, 1.165) is 39.8 Å². The van der Waals surface area contributed by atoms with Crippen molar-refractivity contribution in [3.8, 4) is 0 Å². The fourth-order valence-electron chi connectivity index (χ4n) is 5.45. The number of rotatable bonds is 5. The zero-order chi connectivity index (χ0) is 26.5. The molecular formula is C35H23N3O2. The van der Waals surface area contributed by atoms with Crippen molar-refractivity contribution >= 4 is 55.7 Å². The van der Waals surface area contributed by atoms with Gasteiger partial charge in [0.15, 0.2) is 11.2 Å². The lowest BCUT2D eigenvalue weighted by atomic mass is 10.1. The van der Waals surface area contributed by atoms with E-state index in [1.165, 1.54) is 21.9 Å². The minimum absolute atomic E-state index is 0.470. The maximum atomic E-state index is 6.21. The van der Waals surface area contributed by atoms with Gasteiger partial charge in [0.05, 0.1) is 5.52 Å². The van der Waals surface area contributed by atoms with Crippen LogP contribution in [0.5, 0.6) is 0 Å². The fraction of sp³-hybridized carbons (Fsp3) is 0.0286. The fourth-order valence-corrected chi connectivity index (χ4v) is 5.45. The Morgan fingerprint density at radius 1 is 0.600 bits per heavy atom. The third-order valence-electron chi connectivity index (χ3n) is 7.34. The van der Waals surface area contributed by atoms with Gasteiger partial charge >= 0.3 is 0 Å². The molecule has 0 atom stereocenters. The molecule has 40 heavy (non-hydrogen) atoms. The highest BCUT2D eigenvalue weighted by molar-refractivity contribution is 6.09. The van der Waals surface area contributed by atoms with Gasteiger partial charge in [-0.15, -0.1) is 0 Å². The summed E-state index contributed by atoms with van der Waals surface area (Å²) in [5, 5.41) is 2.45. The van der Waals surface area contributed by atoms with Crippen molar-refractivity contribution in [1.29, 1.82) is 0 Å². The molecule has 190 valence electrons. The molecule has 0 spiro atoms. The van der Waals surface area contributed by atoms with E-state index >= 15 is 0 Å². The van der Waals surface area contributed by atoms with Crippen LogP contribution in [0.1, 0.15) is 22.9 Å². The molecule has 0 radical (unpaired) electrons. The second-order valence-electron chi connectivity index (χ2n) is 9.90. The number of para-hydroxylation sites is 5. The van der Waals surface area contributed by atoms with Crippen LogP contribution in [0.4, 0.5) is 0 Å². The molecule has 5 heteroatoms. The first-order valence-corrected chi connectivity index (χ1v) is 13.3. The van der Waals surface area contributed by atoms with Crippen molar-refractivity contribution in [2.24, 2.45) is 0 Å². The third-order valence-corrected chi connectivity index (χ3v) is 7.34. The maximum Gasteiger partial charge on any atom is 0.232 e. The number of fused-ring (bicyclic) bond motifs is 5. The van der Waals surface area contributed by atoms with Crippen molar-refractivity contribution in [2.75, 3.05) is 0 Å². The largest absolute Gasteiger partial charge is 0.436 e. The standard InChI is InChI=1S/C35H23N3O2/c1-2-10-23(11-3-1)22-38-30-15-7-4-12-25(30)26-19-18-24(21-31(26)38)20-27(34-36-28-13-5-8-16-32(28)39-34)35-37-29-14-6-9-17-33(29)40-35/h1-21H,22H2. The predicted octanol–water partition coefficient (Wildman–Crippen LogP) is 8.71. The zero-order valence-electron chi connectivity index (χ0n) is 21.5. The lowest BCUT2D eigenvalue weighted by molar-refractivity contribution is 0.557. The van der Waals surface area contributed by atoms with E-state index in [9.17, 15) is 0 Å². The van der Waals surface area contributed by atoms with Gasteiger partial charge in [0.1, 0.15) is 16.6 Å². The van der Waals surface area contributed by atoms with Gasteiger partial charge in [0.25, 0.3) is 0 Å². The summed E-state index contributed by atoms with van der Waals surface area (Å²) in [5.74, 6) is 0.940. The first-order chi connectivity index (χ1) is 19.8. The molecule has 3 aromatic heterocycles. The molecule has 0 saturated heterocycles. The van der Waals surface area contributed by atoms with Gasteiger partial charge in [0, 0.05) is 22.8 Å². The molecule has 0 unspecified atom stereocenters. The molecule has 0 aliphatic heterocycles. The van der Waals surface area contributed by atoms with Crippen LogP contribution in [-0.2, 0) is 6.54 Å². The molecule has 0 N–H and O–H groups in total. The lowest BCUT2D eigenvalue weighted by Crippen LogP contribution is -1.99. The average Bonchev–Trinajstić information content (AvgIpc) is 3.71. The first kappa shape index (κ1) is 22.6. The molecule has 0 fully saturated rings. The van der Waals surface area contributed by atoms with Crippen LogP contribution in [0.3, 0.4) is 0 Å². The molecule has 0 amide bonds. The number of aromatic nitrogens is 3. The Balaban J connectivity index is 1.34. The Morgan fingerprint density at radius 2 is 1.20 bits per heavy atom. The van der Waals surface area contributed by atoms with E-state index in [-0.39, 0.29) is 0 Å². The summed E-state index contributed by atoms with van der Waals surface area (Å²) in [5.41, 5.74) is 8.34. The Kier molecular flexibility index (Phi) is 5.13. The Morgan fingerprint density at radius 3 is 1.90 bits per heavy atom. The maximum absolute atomic E-state index is 6.21. The normalized spacial score (nSPS) is 11.6. The summed E-state index contributed by atoms with van der Waals surface area (Å²) in [6.45, 7) is 0.779. The van der Waals surface area contributed by atoms with E-state index < -0.39 is 0 Å². The average molecular weight is 518 g/mol. The number of hydrogen-bond donors (Lipinski definition) is 0. The van der Waals surface area contributed by atoms with Crippen molar-refractivity contribution in [1.82, 2.24) is 14.5 Å². The quantitative estimate of drug-likeness (QED) is 0.229. The van der Waals surface area contributed by atoms with Gasteiger partial charge in [-0.1, -0.05) is 84.9 Å². The summed E-state index contributed by atoms with van der Waals surface area (Å²) in [6.07, 6.45) is 2.05.